The maximum absolute atomic E-state index is 11.5. The fraction of sp³-hybridized carbons (Fsp3) is 0.600. The highest BCUT2D eigenvalue weighted by Crippen LogP contribution is 2.05. The number of rotatable bonds is 2. The van der Waals surface area contributed by atoms with E-state index < -0.39 is 5.97 Å². The van der Waals surface area contributed by atoms with Gasteiger partial charge in [0.05, 0.1) is 6.10 Å². The molecule has 0 aromatic heterocycles. The number of carboxylic acids is 1. The average Bonchev–Trinajstić information content (AvgIpc) is 2.39. The minimum absolute atomic E-state index is 0.00896. The lowest BCUT2D eigenvalue weighted by molar-refractivity contribution is -0.132. The molecule has 0 saturated carbocycles. The third-order valence-corrected chi connectivity index (χ3v) is 2.13. The van der Waals surface area contributed by atoms with Gasteiger partial charge in [0.1, 0.15) is 0 Å². The highest BCUT2D eigenvalue weighted by molar-refractivity contribution is 5.93. The van der Waals surface area contributed by atoms with Crippen LogP contribution in [0.4, 0.5) is 0 Å². The third-order valence-electron chi connectivity index (χ3n) is 2.13. The van der Waals surface area contributed by atoms with Crippen LogP contribution in [0.15, 0.2) is 12.2 Å². The average molecular weight is 213 g/mol. The monoisotopic (exact) mass is 213 g/mol. The van der Waals surface area contributed by atoms with Crippen LogP contribution in [-0.4, -0.2) is 47.7 Å². The molecule has 0 aliphatic carbocycles. The third kappa shape index (κ3) is 4.12. The molecule has 5 nitrogen and oxygen atoms in total. The molecule has 0 bridgehead atoms. The molecule has 84 valence electrons. The van der Waals surface area contributed by atoms with Crippen LogP contribution in [0.5, 0.6) is 0 Å². The summed E-state index contributed by atoms with van der Waals surface area (Å²) in [5.41, 5.74) is 0. The van der Waals surface area contributed by atoms with E-state index in [1.165, 1.54) is 0 Å². The Morgan fingerprint density at radius 3 is 2.87 bits per heavy atom. The molecule has 1 heterocycles. The lowest BCUT2D eigenvalue weighted by atomic mass is 10.3. The second kappa shape index (κ2) is 5.50. The molecule has 1 aliphatic rings. The number of aliphatic carboxylic acids is 1. The van der Waals surface area contributed by atoms with E-state index in [4.69, 9.17) is 9.84 Å². The maximum Gasteiger partial charge on any atom is 0.328 e. The standard InChI is InChI=1S/C10H15NO4/c1-8-7-11(5-2-6-15-8)9(12)3-4-10(13)14/h3-4,8H,2,5-7H2,1H3,(H,13,14)/b4-3+. The number of amides is 1. The molecule has 1 atom stereocenters. The number of ether oxygens (including phenoxy) is 1. The van der Waals surface area contributed by atoms with Crippen molar-refractivity contribution < 1.29 is 19.4 Å². The summed E-state index contributed by atoms with van der Waals surface area (Å²) < 4.78 is 5.37. The predicted octanol–water partition coefficient (Wildman–Crippen LogP) is 0.265. The van der Waals surface area contributed by atoms with Gasteiger partial charge in [-0.15, -0.1) is 0 Å². The Morgan fingerprint density at radius 2 is 2.20 bits per heavy atom. The van der Waals surface area contributed by atoms with E-state index in [0.717, 1.165) is 18.6 Å². The van der Waals surface area contributed by atoms with Crippen LogP contribution in [-0.2, 0) is 14.3 Å². The van der Waals surface area contributed by atoms with Crippen molar-refractivity contribution in [3.8, 4) is 0 Å². The minimum atomic E-state index is -1.11. The Kier molecular flexibility index (Phi) is 4.30. The van der Waals surface area contributed by atoms with Gasteiger partial charge in [-0.3, -0.25) is 4.79 Å². The van der Waals surface area contributed by atoms with Crippen LogP contribution in [0.2, 0.25) is 0 Å². The second-order valence-corrected chi connectivity index (χ2v) is 3.49. The van der Waals surface area contributed by atoms with Crippen LogP contribution < -0.4 is 0 Å². The summed E-state index contributed by atoms with van der Waals surface area (Å²) in [6, 6.07) is 0. The van der Waals surface area contributed by atoms with Gasteiger partial charge in [0.15, 0.2) is 0 Å². The van der Waals surface area contributed by atoms with Gasteiger partial charge in [-0.1, -0.05) is 0 Å². The Hall–Kier alpha value is -1.36. The molecule has 5 heteroatoms. The highest BCUT2D eigenvalue weighted by Gasteiger charge is 2.17. The maximum atomic E-state index is 11.5. The summed E-state index contributed by atoms with van der Waals surface area (Å²) in [5.74, 6) is -1.38. The van der Waals surface area contributed by atoms with E-state index in [1.807, 2.05) is 6.92 Å². The van der Waals surface area contributed by atoms with Crippen molar-refractivity contribution in [1.29, 1.82) is 0 Å². The summed E-state index contributed by atoms with van der Waals surface area (Å²) in [4.78, 5) is 23.4. The normalized spacial score (nSPS) is 22.7. The van der Waals surface area contributed by atoms with Gasteiger partial charge in [-0.05, 0) is 13.3 Å². The van der Waals surface area contributed by atoms with E-state index >= 15 is 0 Å². The van der Waals surface area contributed by atoms with Crippen molar-refractivity contribution in [3.63, 3.8) is 0 Å². The van der Waals surface area contributed by atoms with E-state index in [-0.39, 0.29) is 12.0 Å². The first-order valence-electron chi connectivity index (χ1n) is 4.91. The van der Waals surface area contributed by atoms with E-state index in [9.17, 15) is 9.59 Å². The largest absolute Gasteiger partial charge is 0.478 e. The fourth-order valence-electron chi connectivity index (χ4n) is 1.44. The van der Waals surface area contributed by atoms with Crippen LogP contribution in [0, 0.1) is 0 Å². The summed E-state index contributed by atoms with van der Waals surface area (Å²) in [6.07, 6.45) is 2.74. The zero-order valence-electron chi connectivity index (χ0n) is 8.68. The van der Waals surface area contributed by atoms with Crippen molar-refractivity contribution in [2.24, 2.45) is 0 Å². The van der Waals surface area contributed by atoms with E-state index in [1.54, 1.807) is 4.90 Å². The SMILES string of the molecule is CC1CN(C(=O)/C=C/C(=O)O)CCCO1. The first-order valence-corrected chi connectivity index (χ1v) is 4.91. The van der Waals surface area contributed by atoms with Crippen molar-refractivity contribution in [3.05, 3.63) is 12.2 Å². The number of carbonyl (C=O) groups excluding carboxylic acids is 1. The molecule has 1 aliphatic heterocycles. The van der Waals surface area contributed by atoms with Crippen LogP contribution in [0.1, 0.15) is 13.3 Å². The highest BCUT2D eigenvalue weighted by atomic mass is 16.5. The topological polar surface area (TPSA) is 66.8 Å². The van der Waals surface area contributed by atoms with Gasteiger partial charge in [-0.25, -0.2) is 4.79 Å². The molecule has 0 aromatic carbocycles. The van der Waals surface area contributed by atoms with E-state index in [2.05, 4.69) is 0 Å². The summed E-state index contributed by atoms with van der Waals surface area (Å²) in [6.45, 7) is 3.68. The quantitative estimate of drug-likeness (QED) is 0.668. The Balaban J connectivity index is 2.53. The summed E-state index contributed by atoms with van der Waals surface area (Å²) >= 11 is 0. The number of carbonyl (C=O) groups is 2. The molecule has 1 N–H and O–H groups in total. The molecule has 1 rings (SSSR count). The van der Waals surface area contributed by atoms with Crippen LogP contribution in [0.3, 0.4) is 0 Å². The second-order valence-electron chi connectivity index (χ2n) is 3.49. The van der Waals surface area contributed by atoms with E-state index in [0.29, 0.717) is 19.7 Å². The predicted molar refractivity (Wildman–Crippen MR) is 53.4 cm³/mol. The molecular formula is C10H15NO4. The zero-order chi connectivity index (χ0) is 11.3. The molecule has 1 fully saturated rings. The Morgan fingerprint density at radius 1 is 1.47 bits per heavy atom. The first-order chi connectivity index (χ1) is 7.09. The van der Waals surface area contributed by atoms with Gasteiger partial charge in [-0.2, -0.15) is 0 Å². The molecule has 0 spiro atoms. The van der Waals surface area contributed by atoms with Gasteiger partial charge in [0.2, 0.25) is 5.91 Å². The molecule has 1 amide bonds. The Labute approximate surface area is 88.3 Å². The van der Waals surface area contributed by atoms with Crippen LogP contribution in [0.25, 0.3) is 0 Å². The number of nitrogens with zero attached hydrogens (tertiary/aromatic N) is 1. The Bertz CT molecular complexity index is 275. The molecule has 0 aromatic rings. The number of hydrogen-bond donors (Lipinski definition) is 1. The van der Waals surface area contributed by atoms with Gasteiger partial charge >= 0.3 is 5.97 Å². The van der Waals surface area contributed by atoms with Crippen LogP contribution >= 0.6 is 0 Å². The number of hydrogen-bond acceptors (Lipinski definition) is 3. The molecular weight excluding hydrogens is 198 g/mol. The van der Waals surface area contributed by atoms with Gasteiger partial charge < -0.3 is 14.7 Å². The first kappa shape index (κ1) is 11.7. The smallest absolute Gasteiger partial charge is 0.328 e. The summed E-state index contributed by atoms with van der Waals surface area (Å²) in [5, 5.41) is 8.39. The molecule has 1 unspecified atom stereocenters. The lowest BCUT2D eigenvalue weighted by Gasteiger charge is -2.20. The lowest BCUT2D eigenvalue weighted by Crippen LogP contribution is -2.34. The van der Waals surface area contributed by atoms with Crippen molar-refractivity contribution >= 4 is 11.9 Å². The zero-order valence-corrected chi connectivity index (χ0v) is 8.68. The molecule has 1 saturated heterocycles. The van der Waals surface area contributed by atoms with Crippen molar-refractivity contribution in [2.45, 2.75) is 19.4 Å². The molecule has 0 radical (unpaired) electrons. The molecule has 15 heavy (non-hydrogen) atoms. The van der Waals surface area contributed by atoms with Crippen molar-refractivity contribution in [2.75, 3.05) is 19.7 Å². The van der Waals surface area contributed by atoms with Gasteiger partial charge in [0, 0.05) is 31.8 Å². The minimum Gasteiger partial charge on any atom is -0.478 e. The van der Waals surface area contributed by atoms with Gasteiger partial charge in [0.25, 0.3) is 0 Å². The summed E-state index contributed by atoms with van der Waals surface area (Å²) in [7, 11) is 0. The fourth-order valence-corrected chi connectivity index (χ4v) is 1.44. The number of carboxylic acid groups (broad SMARTS) is 1. The van der Waals surface area contributed by atoms with Crippen molar-refractivity contribution in [1.82, 2.24) is 4.90 Å².